The van der Waals surface area contributed by atoms with Crippen LogP contribution in [0.4, 0.5) is 0 Å². The van der Waals surface area contributed by atoms with E-state index in [1.54, 1.807) is 0 Å². The third kappa shape index (κ3) is 2.14. The lowest BCUT2D eigenvalue weighted by Crippen LogP contribution is -2.34. The molecule has 5 heteroatoms. The molecule has 0 aromatic heterocycles. The van der Waals surface area contributed by atoms with Crippen LogP contribution in [-0.2, 0) is 23.8 Å². The normalized spacial score (nSPS) is 18.6. The van der Waals surface area contributed by atoms with Gasteiger partial charge in [0.1, 0.15) is 5.57 Å². The van der Waals surface area contributed by atoms with Gasteiger partial charge in [0.2, 0.25) is 5.79 Å². The summed E-state index contributed by atoms with van der Waals surface area (Å²) in [4.78, 5) is 22.6. The Morgan fingerprint density at radius 2 is 1.87 bits per heavy atom. The van der Waals surface area contributed by atoms with E-state index < -0.39 is 17.5 Å². The number of methoxy groups -OCH3 is 3. The Morgan fingerprint density at radius 1 is 1.27 bits per heavy atom. The fourth-order valence-electron chi connectivity index (χ4n) is 1.21. The maximum atomic E-state index is 11.3. The molecule has 0 heterocycles. The average molecular weight is 212 g/mol. The Kier molecular flexibility index (Phi) is 3.39. The van der Waals surface area contributed by atoms with Gasteiger partial charge in [0.05, 0.1) is 7.11 Å². The molecular formula is C10H12O5. The molecule has 0 spiro atoms. The van der Waals surface area contributed by atoms with Gasteiger partial charge in [-0.1, -0.05) is 0 Å². The van der Waals surface area contributed by atoms with Crippen molar-refractivity contribution in [2.45, 2.75) is 5.79 Å². The zero-order valence-corrected chi connectivity index (χ0v) is 8.77. The summed E-state index contributed by atoms with van der Waals surface area (Å²) in [5, 5.41) is 0. The molecule has 1 aliphatic rings. The van der Waals surface area contributed by atoms with Gasteiger partial charge in [-0.05, 0) is 18.2 Å². The van der Waals surface area contributed by atoms with Crippen LogP contribution in [0.3, 0.4) is 0 Å². The van der Waals surface area contributed by atoms with E-state index in [1.165, 1.54) is 39.6 Å². The predicted octanol–water partition coefficient (Wildman–Crippen LogP) is 0.214. The Morgan fingerprint density at radius 3 is 2.33 bits per heavy atom. The lowest BCUT2D eigenvalue weighted by Gasteiger charge is -2.26. The lowest BCUT2D eigenvalue weighted by molar-refractivity contribution is -0.144. The number of ether oxygens (including phenoxy) is 3. The molecule has 0 aromatic carbocycles. The first kappa shape index (κ1) is 11.6. The third-order valence-electron chi connectivity index (χ3n) is 2.12. The standard InChI is InChI=1S/C10H12O5/c1-13-9(12)7-6-10(14-2,15-3)5-4-8(7)11/h4-6H,1-3H3. The van der Waals surface area contributed by atoms with Crippen LogP contribution < -0.4 is 0 Å². The number of carbonyl (C=O) groups excluding carboxylic acids is 2. The molecule has 0 fully saturated rings. The summed E-state index contributed by atoms with van der Waals surface area (Å²) in [7, 11) is 4.03. The second-order valence-corrected chi connectivity index (χ2v) is 2.88. The van der Waals surface area contributed by atoms with Gasteiger partial charge >= 0.3 is 5.97 Å². The fraction of sp³-hybridized carbons (Fsp3) is 0.400. The lowest BCUT2D eigenvalue weighted by atomic mass is 10.0. The van der Waals surface area contributed by atoms with Crippen LogP contribution in [0, 0.1) is 0 Å². The van der Waals surface area contributed by atoms with Gasteiger partial charge in [-0.2, -0.15) is 0 Å². The maximum absolute atomic E-state index is 11.3. The van der Waals surface area contributed by atoms with E-state index in [1.807, 2.05) is 0 Å². The van der Waals surface area contributed by atoms with E-state index in [0.29, 0.717) is 0 Å². The van der Waals surface area contributed by atoms with E-state index in [0.717, 1.165) is 0 Å². The van der Waals surface area contributed by atoms with Crippen LogP contribution in [0.25, 0.3) is 0 Å². The summed E-state index contributed by atoms with van der Waals surface area (Å²) >= 11 is 0. The molecular weight excluding hydrogens is 200 g/mol. The van der Waals surface area contributed by atoms with Crippen molar-refractivity contribution in [2.24, 2.45) is 0 Å². The van der Waals surface area contributed by atoms with Gasteiger partial charge in [0.25, 0.3) is 0 Å². The first-order valence-electron chi connectivity index (χ1n) is 4.23. The summed E-state index contributed by atoms with van der Waals surface area (Å²) in [6, 6.07) is 0. The topological polar surface area (TPSA) is 61.8 Å². The largest absolute Gasteiger partial charge is 0.465 e. The van der Waals surface area contributed by atoms with Crippen molar-refractivity contribution in [3.05, 3.63) is 23.8 Å². The molecule has 1 rings (SSSR count). The van der Waals surface area contributed by atoms with Crippen molar-refractivity contribution < 1.29 is 23.8 Å². The molecule has 0 saturated carbocycles. The second kappa shape index (κ2) is 4.37. The van der Waals surface area contributed by atoms with Crippen LogP contribution in [0.15, 0.2) is 23.8 Å². The minimum Gasteiger partial charge on any atom is -0.465 e. The quantitative estimate of drug-likeness (QED) is 0.380. The summed E-state index contributed by atoms with van der Waals surface area (Å²) in [6.07, 6.45) is 3.95. The number of rotatable bonds is 3. The van der Waals surface area contributed by atoms with Gasteiger partial charge in [0, 0.05) is 14.2 Å². The van der Waals surface area contributed by atoms with Gasteiger partial charge in [-0.3, -0.25) is 4.79 Å². The predicted molar refractivity (Wildman–Crippen MR) is 51.0 cm³/mol. The Hall–Kier alpha value is -1.46. The molecule has 15 heavy (non-hydrogen) atoms. The highest BCUT2D eigenvalue weighted by molar-refractivity contribution is 6.22. The zero-order valence-electron chi connectivity index (χ0n) is 8.77. The number of carbonyl (C=O) groups is 2. The number of allylic oxidation sites excluding steroid dienone is 1. The fourth-order valence-corrected chi connectivity index (χ4v) is 1.21. The SMILES string of the molecule is COC(=O)C1=CC(OC)(OC)C=CC1=O. The monoisotopic (exact) mass is 212 g/mol. The average Bonchev–Trinajstić information content (AvgIpc) is 2.29. The number of esters is 1. The zero-order chi connectivity index (χ0) is 11.5. The van der Waals surface area contributed by atoms with Crippen molar-refractivity contribution in [1.82, 2.24) is 0 Å². The molecule has 0 radical (unpaired) electrons. The van der Waals surface area contributed by atoms with Crippen LogP contribution in [-0.4, -0.2) is 38.9 Å². The summed E-state index contributed by atoms with van der Waals surface area (Å²) < 4.78 is 14.6. The Bertz CT molecular complexity index is 336. The molecule has 82 valence electrons. The van der Waals surface area contributed by atoms with Crippen LogP contribution in [0.1, 0.15) is 0 Å². The van der Waals surface area contributed by atoms with Crippen molar-refractivity contribution >= 4 is 11.8 Å². The smallest absolute Gasteiger partial charge is 0.341 e. The van der Waals surface area contributed by atoms with Gasteiger partial charge in [0.15, 0.2) is 5.78 Å². The van der Waals surface area contributed by atoms with Crippen molar-refractivity contribution in [1.29, 1.82) is 0 Å². The molecule has 0 unspecified atom stereocenters. The minimum atomic E-state index is -1.17. The van der Waals surface area contributed by atoms with E-state index >= 15 is 0 Å². The van der Waals surface area contributed by atoms with E-state index in [9.17, 15) is 9.59 Å². The van der Waals surface area contributed by atoms with Crippen LogP contribution in [0.5, 0.6) is 0 Å². The van der Waals surface area contributed by atoms with Crippen molar-refractivity contribution in [2.75, 3.05) is 21.3 Å². The highest BCUT2D eigenvalue weighted by atomic mass is 16.7. The summed E-state index contributed by atoms with van der Waals surface area (Å²) in [5.41, 5.74) is -0.0938. The van der Waals surface area contributed by atoms with Gasteiger partial charge in [-0.15, -0.1) is 0 Å². The van der Waals surface area contributed by atoms with E-state index in [2.05, 4.69) is 4.74 Å². The Labute approximate surface area is 87.3 Å². The molecule has 0 atom stereocenters. The van der Waals surface area contributed by atoms with Gasteiger partial charge < -0.3 is 14.2 Å². The van der Waals surface area contributed by atoms with Gasteiger partial charge in [-0.25, -0.2) is 4.79 Å². The number of ketones is 1. The molecule has 0 aromatic rings. The minimum absolute atomic E-state index is 0.0938. The van der Waals surface area contributed by atoms with Crippen LogP contribution in [0.2, 0.25) is 0 Å². The summed E-state index contributed by atoms with van der Waals surface area (Å²) in [5.74, 6) is -2.30. The molecule has 0 N–H and O–H groups in total. The first-order valence-corrected chi connectivity index (χ1v) is 4.23. The maximum Gasteiger partial charge on any atom is 0.341 e. The van der Waals surface area contributed by atoms with E-state index in [4.69, 9.17) is 9.47 Å². The highest BCUT2D eigenvalue weighted by Crippen LogP contribution is 2.23. The second-order valence-electron chi connectivity index (χ2n) is 2.88. The van der Waals surface area contributed by atoms with Crippen molar-refractivity contribution in [3.8, 4) is 0 Å². The molecule has 0 amide bonds. The van der Waals surface area contributed by atoms with E-state index in [-0.39, 0.29) is 5.57 Å². The third-order valence-corrected chi connectivity index (χ3v) is 2.12. The van der Waals surface area contributed by atoms with Crippen molar-refractivity contribution in [3.63, 3.8) is 0 Å². The molecule has 0 bridgehead atoms. The summed E-state index contributed by atoms with van der Waals surface area (Å²) in [6.45, 7) is 0. The molecule has 0 saturated heterocycles. The number of hydrogen-bond acceptors (Lipinski definition) is 5. The molecule has 1 aliphatic carbocycles. The Balaban J connectivity index is 3.09. The number of hydrogen-bond donors (Lipinski definition) is 0. The van der Waals surface area contributed by atoms with Crippen LogP contribution >= 0.6 is 0 Å². The first-order chi connectivity index (χ1) is 7.08. The highest BCUT2D eigenvalue weighted by Gasteiger charge is 2.32. The molecule has 0 aliphatic heterocycles. The molecule has 5 nitrogen and oxygen atoms in total.